The first-order valence-electron chi connectivity index (χ1n) is 6.56. The molecule has 0 saturated heterocycles. The number of thioether (sulfide) groups is 1. The van der Waals surface area contributed by atoms with E-state index >= 15 is 0 Å². The number of rotatable bonds is 5. The maximum Gasteiger partial charge on any atom is 0.252 e. The number of hydrogen-bond acceptors (Lipinski definition) is 5. The van der Waals surface area contributed by atoms with E-state index in [2.05, 4.69) is 5.32 Å². The number of sulfonamides is 1. The molecular weight excluding hydrogens is 338 g/mol. The fourth-order valence-electron chi connectivity index (χ4n) is 1.71. The van der Waals surface area contributed by atoms with Crippen LogP contribution in [0.4, 0.5) is 5.69 Å². The molecule has 0 aliphatic carbocycles. The van der Waals surface area contributed by atoms with Gasteiger partial charge in [-0.3, -0.25) is 4.79 Å². The summed E-state index contributed by atoms with van der Waals surface area (Å²) in [6.45, 7) is 1.67. The van der Waals surface area contributed by atoms with E-state index in [9.17, 15) is 18.4 Å². The van der Waals surface area contributed by atoms with Crippen molar-refractivity contribution < 1.29 is 17.9 Å². The van der Waals surface area contributed by atoms with E-state index in [1.807, 2.05) is 0 Å². The molecule has 0 fully saturated rings. The molecule has 1 unspecified atom stereocenters. The molecule has 2 aromatic rings. The lowest BCUT2D eigenvalue weighted by atomic mass is 10.3. The van der Waals surface area contributed by atoms with Crippen LogP contribution in [-0.2, 0) is 14.8 Å². The number of primary sulfonamides is 1. The summed E-state index contributed by atoms with van der Waals surface area (Å²) in [6.07, 6.45) is 1.36. The van der Waals surface area contributed by atoms with Gasteiger partial charge in [-0.05, 0) is 49.0 Å². The standard InChI is InChI=1S/C14H15N3O4S2/c1-10(22-13-4-2-3-9-17(13)19)14(18)16-11-5-7-12(8-6-11)23(15,20)21/h2-10H,1H3,(H,16,18)(H2,15,20,21). The summed E-state index contributed by atoms with van der Waals surface area (Å²) < 4.78 is 23.0. The Labute approximate surface area is 138 Å². The van der Waals surface area contributed by atoms with Crippen LogP contribution in [0, 0.1) is 5.21 Å². The van der Waals surface area contributed by atoms with Gasteiger partial charge in [0.1, 0.15) is 0 Å². The second-order valence-corrected chi connectivity index (χ2v) is 7.61. The van der Waals surface area contributed by atoms with Crippen molar-refractivity contribution in [2.24, 2.45) is 5.14 Å². The molecule has 1 amide bonds. The zero-order chi connectivity index (χ0) is 17.0. The van der Waals surface area contributed by atoms with Crippen molar-refractivity contribution in [3.8, 4) is 0 Å². The normalized spacial score (nSPS) is 12.6. The number of anilines is 1. The first-order chi connectivity index (χ1) is 10.8. The van der Waals surface area contributed by atoms with E-state index in [0.717, 1.165) is 11.8 Å². The van der Waals surface area contributed by atoms with Crippen LogP contribution in [0.25, 0.3) is 0 Å². The highest BCUT2D eigenvalue weighted by atomic mass is 32.2. The van der Waals surface area contributed by atoms with Crippen LogP contribution in [0.1, 0.15) is 6.92 Å². The highest BCUT2D eigenvalue weighted by Crippen LogP contribution is 2.21. The highest BCUT2D eigenvalue weighted by molar-refractivity contribution is 8.00. The fourth-order valence-corrected chi connectivity index (χ4v) is 3.08. The average Bonchev–Trinajstić information content (AvgIpc) is 2.49. The maximum absolute atomic E-state index is 12.1. The van der Waals surface area contributed by atoms with Crippen molar-refractivity contribution in [2.75, 3.05) is 5.32 Å². The SMILES string of the molecule is CC(Sc1cccc[n+]1[O-])C(=O)Nc1ccc(S(N)(=O)=O)cc1. The first-order valence-corrected chi connectivity index (χ1v) is 8.98. The molecular formula is C14H15N3O4S2. The van der Waals surface area contributed by atoms with Crippen molar-refractivity contribution in [1.82, 2.24) is 0 Å². The smallest absolute Gasteiger partial charge is 0.252 e. The summed E-state index contributed by atoms with van der Waals surface area (Å²) in [6, 6.07) is 10.5. The Morgan fingerprint density at radius 2 is 1.91 bits per heavy atom. The van der Waals surface area contributed by atoms with Gasteiger partial charge in [-0.2, -0.15) is 4.73 Å². The van der Waals surface area contributed by atoms with Crippen molar-refractivity contribution in [3.63, 3.8) is 0 Å². The van der Waals surface area contributed by atoms with Crippen molar-refractivity contribution >= 4 is 33.4 Å². The molecule has 2 rings (SSSR count). The molecule has 0 bridgehead atoms. The molecule has 1 atom stereocenters. The van der Waals surface area contributed by atoms with Crippen LogP contribution in [0.2, 0.25) is 0 Å². The number of hydrogen-bond donors (Lipinski definition) is 2. The topological polar surface area (TPSA) is 116 Å². The van der Waals surface area contributed by atoms with Crippen LogP contribution < -0.4 is 15.2 Å². The Kier molecular flexibility index (Phi) is 5.24. The van der Waals surface area contributed by atoms with Crippen LogP contribution in [-0.4, -0.2) is 19.6 Å². The second kappa shape index (κ2) is 6.99. The molecule has 7 nitrogen and oxygen atoms in total. The molecule has 3 N–H and O–H groups in total. The van der Waals surface area contributed by atoms with Crippen LogP contribution in [0.15, 0.2) is 58.6 Å². The highest BCUT2D eigenvalue weighted by Gasteiger charge is 2.19. The van der Waals surface area contributed by atoms with E-state index in [-0.39, 0.29) is 10.8 Å². The van der Waals surface area contributed by atoms with Gasteiger partial charge in [-0.15, -0.1) is 0 Å². The number of carbonyl (C=O) groups excluding carboxylic acids is 1. The minimum atomic E-state index is -3.76. The van der Waals surface area contributed by atoms with Crippen LogP contribution in [0.5, 0.6) is 0 Å². The minimum Gasteiger partial charge on any atom is -0.618 e. The maximum atomic E-state index is 12.1. The van der Waals surface area contributed by atoms with E-state index in [4.69, 9.17) is 5.14 Å². The van der Waals surface area contributed by atoms with Gasteiger partial charge < -0.3 is 10.5 Å². The summed E-state index contributed by atoms with van der Waals surface area (Å²) in [4.78, 5) is 12.1. The van der Waals surface area contributed by atoms with Gasteiger partial charge in [-0.25, -0.2) is 13.6 Å². The Hall–Kier alpha value is -2.10. The lowest BCUT2D eigenvalue weighted by Gasteiger charge is -2.11. The van der Waals surface area contributed by atoms with Crippen LogP contribution in [0.3, 0.4) is 0 Å². The third-order valence-electron chi connectivity index (χ3n) is 2.91. The number of aromatic nitrogens is 1. The third-order valence-corrected chi connectivity index (χ3v) is 4.96. The largest absolute Gasteiger partial charge is 0.618 e. The molecule has 0 radical (unpaired) electrons. The summed E-state index contributed by atoms with van der Waals surface area (Å²) in [7, 11) is -3.76. The molecule has 0 aliphatic heterocycles. The first kappa shape index (κ1) is 17.3. The van der Waals surface area contributed by atoms with E-state index in [1.54, 1.807) is 25.1 Å². The van der Waals surface area contributed by atoms with Gasteiger partial charge in [-0.1, -0.05) is 0 Å². The molecule has 1 aromatic heterocycles. The zero-order valence-corrected chi connectivity index (χ0v) is 13.8. The Balaban J connectivity index is 2.02. The predicted molar refractivity (Wildman–Crippen MR) is 87.2 cm³/mol. The molecule has 1 heterocycles. The minimum absolute atomic E-state index is 0.0328. The number of benzene rings is 1. The quantitative estimate of drug-likeness (QED) is 0.474. The van der Waals surface area contributed by atoms with Crippen LogP contribution >= 0.6 is 11.8 Å². The fraction of sp³-hybridized carbons (Fsp3) is 0.143. The molecule has 0 aliphatic rings. The van der Waals surface area contributed by atoms with Crippen molar-refractivity contribution in [2.45, 2.75) is 22.1 Å². The van der Waals surface area contributed by atoms with E-state index in [1.165, 1.54) is 30.5 Å². The Morgan fingerprint density at radius 3 is 2.48 bits per heavy atom. The van der Waals surface area contributed by atoms with Gasteiger partial charge in [0, 0.05) is 17.8 Å². The lowest BCUT2D eigenvalue weighted by molar-refractivity contribution is -0.645. The number of carbonyl (C=O) groups is 1. The third kappa shape index (κ3) is 4.68. The summed E-state index contributed by atoms with van der Waals surface area (Å²) >= 11 is 1.13. The molecule has 122 valence electrons. The van der Waals surface area contributed by atoms with Gasteiger partial charge >= 0.3 is 0 Å². The second-order valence-electron chi connectivity index (χ2n) is 4.68. The molecule has 0 saturated carbocycles. The zero-order valence-electron chi connectivity index (χ0n) is 12.2. The molecule has 9 heteroatoms. The number of nitrogens with one attached hydrogen (secondary N) is 1. The molecule has 23 heavy (non-hydrogen) atoms. The molecule has 1 aromatic carbocycles. The van der Waals surface area contributed by atoms with Gasteiger partial charge in [0.2, 0.25) is 15.9 Å². The predicted octanol–water partition coefficient (Wildman–Crippen LogP) is 1.09. The summed E-state index contributed by atoms with van der Waals surface area (Å²) in [5.74, 6) is -0.304. The summed E-state index contributed by atoms with van der Waals surface area (Å²) in [5.41, 5.74) is 0.443. The number of amides is 1. The number of nitrogens with two attached hydrogens (primary N) is 1. The van der Waals surface area contributed by atoms with E-state index in [0.29, 0.717) is 15.4 Å². The van der Waals surface area contributed by atoms with E-state index < -0.39 is 15.3 Å². The lowest BCUT2D eigenvalue weighted by Crippen LogP contribution is -2.30. The van der Waals surface area contributed by atoms with Gasteiger partial charge in [0.15, 0.2) is 6.20 Å². The Bertz CT molecular complexity index is 807. The summed E-state index contributed by atoms with van der Waals surface area (Å²) in [5, 5.41) is 19.1. The number of nitrogens with zero attached hydrogens (tertiary/aromatic N) is 1. The van der Waals surface area contributed by atoms with Gasteiger partial charge in [0.25, 0.3) is 5.03 Å². The monoisotopic (exact) mass is 353 g/mol. The number of pyridine rings is 1. The van der Waals surface area contributed by atoms with Crippen molar-refractivity contribution in [1.29, 1.82) is 0 Å². The molecule has 0 spiro atoms. The van der Waals surface area contributed by atoms with Crippen molar-refractivity contribution in [3.05, 3.63) is 53.9 Å². The average molecular weight is 353 g/mol. The van der Waals surface area contributed by atoms with Gasteiger partial charge in [0.05, 0.1) is 10.1 Å². The Morgan fingerprint density at radius 1 is 1.26 bits per heavy atom.